The van der Waals surface area contributed by atoms with Gasteiger partial charge in [-0.1, -0.05) is 38.1 Å². The van der Waals surface area contributed by atoms with Crippen molar-refractivity contribution in [2.45, 2.75) is 45.3 Å². The summed E-state index contributed by atoms with van der Waals surface area (Å²) >= 11 is 0. The maximum absolute atomic E-state index is 12.3. The highest BCUT2D eigenvalue weighted by Crippen LogP contribution is 2.16. The van der Waals surface area contributed by atoms with E-state index in [2.05, 4.69) is 10.6 Å². The molecule has 1 aliphatic rings. The highest BCUT2D eigenvalue weighted by Gasteiger charge is 2.28. The lowest BCUT2D eigenvalue weighted by Crippen LogP contribution is -2.52. The fourth-order valence-electron chi connectivity index (χ4n) is 2.60. The molecule has 0 spiro atoms. The number of carbonyl (C=O) groups is 2. The van der Waals surface area contributed by atoms with E-state index in [-0.39, 0.29) is 17.9 Å². The predicted molar refractivity (Wildman–Crippen MR) is 79.8 cm³/mol. The highest BCUT2D eigenvalue weighted by atomic mass is 16.4. The quantitative estimate of drug-likeness (QED) is 0.764. The van der Waals surface area contributed by atoms with E-state index in [0.29, 0.717) is 19.4 Å². The van der Waals surface area contributed by atoms with Crippen molar-refractivity contribution in [3.8, 4) is 0 Å². The second-order valence-corrected chi connectivity index (χ2v) is 5.94. The van der Waals surface area contributed by atoms with Crippen LogP contribution in [0, 0.1) is 5.92 Å². The van der Waals surface area contributed by atoms with Gasteiger partial charge in [0.05, 0.1) is 6.04 Å². The number of carboxylic acid groups (broad SMARTS) is 1. The Bertz CT molecular complexity index is 528. The first-order chi connectivity index (χ1) is 9.97. The topological polar surface area (TPSA) is 78.4 Å². The molecule has 2 atom stereocenters. The average Bonchev–Trinajstić information content (AvgIpc) is 2.45. The lowest BCUT2D eigenvalue weighted by Gasteiger charge is -2.27. The van der Waals surface area contributed by atoms with E-state index < -0.39 is 12.0 Å². The first kappa shape index (κ1) is 15.5. The summed E-state index contributed by atoms with van der Waals surface area (Å²) in [5, 5.41) is 15.0. The van der Waals surface area contributed by atoms with Gasteiger partial charge in [0, 0.05) is 6.54 Å². The first-order valence-electron chi connectivity index (χ1n) is 7.30. The van der Waals surface area contributed by atoms with Crippen LogP contribution in [0.4, 0.5) is 0 Å². The summed E-state index contributed by atoms with van der Waals surface area (Å²) in [5.74, 6) is -1.00. The Labute approximate surface area is 124 Å². The number of fused-ring (bicyclic) bond motifs is 1. The number of carbonyl (C=O) groups excluding carboxylic acids is 1. The summed E-state index contributed by atoms with van der Waals surface area (Å²) in [7, 11) is 0. The van der Waals surface area contributed by atoms with Crippen LogP contribution in [0.25, 0.3) is 0 Å². The van der Waals surface area contributed by atoms with Crippen LogP contribution in [0.2, 0.25) is 0 Å². The lowest BCUT2D eigenvalue weighted by molar-refractivity contribution is -0.142. The number of rotatable bonds is 5. The molecule has 5 nitrogen and oxygen atoms in total. The smallest absolute Gasteiger partial charge is 0.326 e. The Kier molecular flexibility index (Phi) is 4.96. The SMILES string of the molecule is CC(C)C[C@@H](NC(=O)[C@H]1Cc2ccccc2CN1)C(=O)O. The first-order valence-corrected chi connectivity index (χ1v) is 7.30. The Morgan fingerprint density at radius 1 is 1.33 bits per heavy atom. The van der Waals surface area contributed by atoms with Crippen LogP contribution in [-0.2, 0) is 22.6 Å². The predicted octanol–water partition coefficient (Wildman–Crippen LogP) is 1.32. The van der Waals surface area contributed by atoms with E-state index in [1.807, 2.05) is 38.1 Å². The Morgan fingerprint density at radius 2 is 2.00 bits per heavy atom. The van der Waals surface area contributed by atoms with Crippen LogP contribution in [0.5, 0.6) is 0 Å². The number of carboxylic acids is 1. The molecule has 0 fully saturated rings. The summed E-state index contributed by atoms with van der Waals surface area (Å²) in [6, 6.07) is 6.79. The van der Waals surface area contributed by atoms with Gasteiger partial charge in [0.2, 0.25) is 5.91 Å². The van der Waals surface area contributed by atoms with Crippen molar-refractivity contribution in [1.29, 1.82) is 0 Å². The van der Waals surface area contributed by atoms with Crippen LogP contribution >= 0.6 is 0 Å². The third kappa shape index (κ3) is 4.04. The van der Waals surface area contributed by atoms with Crippen molar-refractivity contribution in [3.05, 3.63) is 35.4 Å². The molecular formula is C16H22N2O3. The molecule has 0 bridgehead atoms. The van der Waals surface area contributed by atoms with E-state index >= 15 is 0 Å². The number of benzene rings is 1. The number of nitrogens with one attached hydrogen (secondary N) is 2. The second-order valence-electron chi connectivity index (χ2n) is 5.94. The van der Waals surface area contributed by atoms with Gasteiger partial charge in [-0.2, -0.15) is 0 Å². The van der Waals surface area contributed by atoms with Crippen LogP contribution < -0.4 is 10.6 Å². The van der Waals surface area contributed by atoms with Crippen molar-refractivity contribution in [3.63, 3.8) is 0 Å². The fraction of sp³-hybridized carbons (Fsp3) is 0.500. The Hall–Kier alpha value is -1.88. The number of hydrogen-bond acceptors (Lipinski definition) is 3. The fourth-order valence-corrected chi connectivity index (χ4v) is 2.60. The molecule has 2 rings (SSSR count). The highest BCUT2D eigenvalue weighted by molar-refractivity contribution is 5.87. The summed E-state index contributed by atoms with van der Waals surface area (Å²) in [5.41, 5.74) is 2.34. The number of hydrogen-bond donors (Lipinski definition) is 3. The zero-order valence-electron chi connectivity index (χ0n) is 12.4. The molecule has 0 aromatic heterocycles. The molecule has 0 radical (unpaired) electrons. The summed E-state index contributed by atoms with van der Waals surface area (Å²) in [6.07, 6.45) is 1.03. The van der Waals surface area contributed by atoms with Crippen molar-refractivity contribution in [1.82, 2.24) is 10.6 Å². The second kappa shape index (κ2) is 6.72. The molecule has 114 valence electrons. The van der Waals surface area contributed by atoms with Crippen LogP contribution in [0.1, 0.15) is 31.4 Å². The molecule has 3 N–H and O–H groups in total. The van der Waals surface area contributed by atoms with Crippen molar-refractivity contribution < 1.29 is 14.7 Å². The van der Waals surface area contributed by atoms with E-state index in [1.165, 1.54) is 5.56 Å². The molecule has 1 aromatic carbocycles. The molecule has 0 unspecified atom stereocenters. The largest absolute Gasteiger partial charge is 0.480 e. The van der Waals surface area contributed by atoms with Crippen LogP contribution in [0.15, 0.2) is 24.3 Å². The zero-order chi connectivity index (χ0) is 15.4. The Morgan fingerprint density at radius 3 is 2.62 bits per heavy atom. The summed E-state index contributed by atoms with van der Waals surface area (Å²) in [6.45, 7) is 4.52. The van der Waals surface area contributed by atoms with Crippen LogP contribution in [-0.4, -0.2) is 29.1 Å². The molecule has 1 aromatic rings. The van der Waals surface area contributed by atoms with E-state index in [4.69, 9.17) is 0 Å². The lowest BCUT2D eigenvalue weighted by atomic mass is 9.95. The van der Waals surface area contributed by atoms with Crippen molar-refractivity contribution in [2.75, 3.05) is 0 Å². The van der Waals surface area contributed by atoms with Gasteiger partial charge < -0.3 is 15.7 Å². The maximum atomic E-state index is 12.3. The maximum Gasteiger partial charge on any atom is 0.326 e. The van der Waals surface area contributed by atoms with E-state index in [9.17, 15) is 14.7 Å². The molecule has 5 heteroatoms. The molecule has 1 heterocycles. The van der Waals surface area contributed by atoms with Gasteiger partial charge in [-0.3, -0.25) is 4.79 Å². The number of amides is 1. The summed E-state index contributed by atoms with van der Waals surface area (Å²) < 4.78 is 0. The third-order valence-electron chi connectivity index (χ3n) is 3.72. The summed E-state index contributed by atoms with van der Waals surface area (Å²) in [4.78, 5) is 23.5. The molecule has 0 aliphatic carbocycles. The molecule has 0 saturated carbocycles. The van der Waals surface area contributed by atoms with Gasteiger partial charge >= 0.3 is 5.97 Å². The van der Waals surface area contributed by atoms with Gasteiger partial charge in [0.1, 0.15) is 6.04 Å². The molecule has 0 saturated heterocycles. The van der Waals surface area contributed by atoms with Crippen LogP contribution in [0.3, 0.4) is 0 Å². The minimum absolute atomic E-state index is 0.214. The van der Waals surface area contributed by atoms with Crippen molar-refractivity contribution >= 4 is 11.9 Å². The minimum atomic E-state index is -0.978. The normalized spacial score (nSPS) is 18.9. The van der Waals surface area contributed by atoms with Gasteiger partial charge in [-0.25, -0.2) is 4.79 Å². The third-order valence-corrected chi connectivity index (χ3v) is 3.72. The van der Waals surface area contributed by atoms with Crippen molar-refractivity contribution in [2.24, 2.45) is 5.92 Å². The average molecular weight is 290 g/mol. The minimum Gasteiger partial charge on any atom is -0.480 e. The number of aliphatic carboxylic acids is 1. The van der Waals surface area contributed by atoms with E-state index in [0.717, 1.165) is 5.56 Å². The molecule has 21 heavy (non-hydrogen) atoms. The standard InChI is InChI=1S/C16H22N2O3/c1-10(2)7-14(16(20)21)18-15(19)13-8-11-5-3-4-6-12(11)9-17-13/h3-6,10,13-14,17H,7-9H2,1-2H3,(H,18,19)(H,20,21)/t13-,14-/m1/s1. The molecule has 1 amide bonds. The monoisotopic (exact) mass is 290 g/mol. The van der Waals surface area contributed by atoms with Gasteiger partial charge in [0.15, 0.2) is 0 Å². The van der Waals surface area contributed by atoms with Gasteiger partial charge in [0.25, 0.3) is 0 Å². The van der Waals surface area contributed by atoms with Gasteiger partial charge in [-0.05, 0) is 29.9 Å². The molecular weight excluding hydrogens is 268 g/mol. The van der Waals surface area contributed by atoms with E-state index in [1.54, 1.807) is 0 Å². The Balaban J connectivity index is 1.99. The molecule has 1 aliphatic heterocycles. The zero-order valence-corrected chi connectivity index (χ0v) is 12.4. The van der Waals surface area contributed by atoms with Gasteiger partial charge in [-0.15, -0.1) is 0 Å².